The molecule has 1 aromatic rings. The third-order valence-electron chi connectivity index (χ3n) is 2.17. The lowest BCUT2D eigenvalue weighted by atomic mass is 10.3. The molecule has 0 unspecified atom stereocenters. The van der Waals surface area contributed by atoms with Crippen molar-refractivity contribution < 1.29 is 13.6 Å². The molecule has 0 bridgehead atoms. The Balaban J connectivity index is 3.08. The first-order valence-electron chi connectivity index (χ1n) is 4.85. The summed E-state index contributed by atoms with van der Waals surface area (Å²) >= 11 is 0. The van der Waals surface area contributed by atoms with Crippen LogP contribution >= 0.6 is 0 Å². The van der Waals surface area contributed by atoms with Gasteiger partial charge in [0.15, 0.2) is 9.84 Å². The minimum Gasteiger partial charge on any atom is -0.316 e. The second-order valence-electron chi connectivity index (χ2n) is 4.44. The highest BCUT2D eigenvalue weighted by Gasteiger charge is 2.30. The van der Waals surface area contributed by atoms with Crippen LogP contribution in [0.2, 0.25) is 0 Å². The summed E-state index contributed by atoms with van der Waals surface area (Å²) in [5.41, 5.74) is 2.54. The van der Waals surface area contributed by atoms with E-state index in [9.17, 15) is 8.42 Å². The van der Waals surface area contributed by atoms with E-state index in [0.29, 0.717) is 5.69 Å². The summed E-state index contributed by atoms with van der Waals surface area (Å²) in [5, 5.41) is 8.47. The summed E-state index contributed by atoms with van der Waals surface area (Å²) < 4.78 is 23.2. The minimum absolute atomic E-state index is 0.190. The van der Waals surface area contributed by atoms with Gasteiger partial charge in [-0.25, -0.2) is 8.42 Å². The lowest BCUT2D eigenvalue weighted by molar-refractivity contribution is 0.160. The Morgan fingerprint density at radius 1 is 1.38 bits per heavy atom. The molecule has 90 valence electrons. The molecule has 0 spiro atoms. The monoisotopic (exact) mass is 244 g/mol. The molecule has 5 nitrogen and oxygen atoms in total. The van der Waals surface area contributed by atoms with Gasteiger partial charge in [-0.05, 0) is 32.9 Å². The van der Waals surface area contributed by atoms with Crippen molar-refractivity contribution in [3.8, 4) is 0 Å². The Morgan fingerprint density at radius 2 is 2.00 bits per heavy atom. The van der Waals surface area contributed by atoms with Crippen molar-refractivity contribution in [1.29, 1.82) is 0 Å². The summed E-state index contributed by atoms with van der Waals surface area (Å²) in [4.78, 5) is 4.14. The van der Waals surface area contributed by atoms with Gasteiger partial charge >= 0.3 is 0 Å². The van der Waals surface area contributed by atoms with Gasteiger partial charge in [0.05, 0.1) is 21.9 Å². The number of rotatable bonds is 3. The van der Waals surface area contributed by atoms with Crippen LogP contribution in [0.15, 0.2) is 23.2 Å². The Bertz CT molecular complexity index is 446. The number of sulfone groups is 1. The molecule has 1 aromatic heterocycles. The van der Waals surface area contributed by atoms with Crippen molar-refractivity contribution in [1.82, 2.24) is 10.5 Å². The zero-order chi connectivity index (χ0) is 12.4. The normalized spacial score (nSPS) is 12.8. The molecule has 1 rings (SSSR count). The van der Waals surface area contributed by atoms with E-state index in [0.717, 1.165) is 0 Å². The van der Waals surface area contributed by atoms with E-state index in [4.69, 9.17) is 5.21 Å². The quantitative estimate of drug-likeness (QED) is 0.779. The molecule has 0 aliphatic heterocycles. The number of aromatic nitrogens is 1. The first-order valence-corrected chi connectivity index (χ1v) is 6.34. The van der Waals surface area contributed by atoms with E-state index in [2.05, 4.69) is 4.98 Å². The van der Waals surface area contributed by atoms with Crippen molar-refractivity contribution in [2.45, 2.75) is 37.0 Å². The van der Waals surface area contributed by atoms with Crippen LogP contribution < -0.4 is 5.48 Å². The fraction of sp³-hybridized carbons (Fsp3) is 0.500. The highest BCUT2D eigenvalue weighted by molar-refractivity contribution is 7.92. The highest BCUT2D eigenvalue weighted by Crippen LogP contribution is 2.23. The van der Waals surface area contributed by atoms with Crippen LogP contribution in [0.25, 0.3) is 0 Å². The summed E-state index contributed by atoms with van der Waals surface area (Å²) in [6.07, 6.45) is 1.31. The fourth-order valence-electron chi connectivity index (χ4n) is 1.11. The lowest BCUT2D eigenvalue weighted by Crippen LogP contribution is -2.28. The maximum atomic E-state index is 12.0. The zero-order valence-corrected chi connectivity index (χ0v) is 10.4. The van der Waals surface area contributed by atoms with Crippen molar-refractivity contribution >= 4 is 9.84 Å². The van der Waals surface area contributed by atoms with E-state index in [-0.39, 0.29) is 11.4 Å². The van der Waals surface area contributed by atoms with Crippen molar-refractivity contribution in [3.63, 3.8) is 0 Å². The Morgan fingerprint density at radius 3 is 2.38 bits per heavy atom. The molecule has 16 heavy (non-hydrogen) atoms. The number of nitrogens with zero attached hydrogens (tertiary/aromatic N) is 1. The molecular formula is C10H16N2O3S. The molecule has 0 atom stereocenters. The third-order valence-corrected chi connectivity index (χ3v) is 4.65. The molecule has 0 saturated carbocycles. The summed E-state index contributed by atoms with van der Waals surface area (Å²) in [6.45, 7) is 5.12. The number of hydroxylamine groups is 1. The number of hydrogen-bond acceptors (Lipinski definition) is 5. The molecule has 1 heterocycles. The van der Waals surface area contributed by atoms with Gasteiger partial charge in [-0.3, -0.25) is 4.98 Å². The standard InChI is InChI=1S/C10H16N2O3S/c1-10(2,3)16(14,15)9-5-4-8(6-12-13)11-7-9/h4-5,7,12-13H,6H2,1-3H3. The van der Waals surface area contributed by atoms with Gasteiger partial charge in [-0.15, -0.1) is 0 Å². The number of nitrogens with one attached hydrogen (secondary N) is 1. The average molecular weight is 244 g/mol. The Labute approximate surface area is 95.4 Å². The van der Waals surface area contributed by atoms with Crippen LogP contribution in [0, 0.1) is 0 Å². The smallest absolute Gasteiger partial charge is 0.184 e. The molecule has 0 radical (unpaired) electrons. The van der Waals surface area contributed by atoms with Gasteiger partial charge in [0.1, 0.15) is 0 Å². The van der Waals surface area contributed by atoms with Crippen LogP contribution in [0.1, 0.15) is 26.5 Å². The van der Waals surface area contributed by atoms with Crippen molar-refractivity contribution in [3.05, 3.63) is 24.0 Å². The maximum absolute atomic E-state index is 12.0. The molecular weight excluding hydrogens is 228 g/mol. The van der Waals surface area contributed by atoms with Gasteiger partial charge < -0.3 is 5.21 Å². The van der Waals surface area contributed by atoms with Gasteiger partial charge in [-0.1, -0.05) is 0 Å². The molecule has 0 fully saturated rings. The van der Waals surface area contributed by atoms with Crippen LogP contribution in [-0.4, -0.2) is 23.4 Å². The Hall–Kier alpha value is -0.980. The molecule has 0 amide bonds. The second-order valence-corrected chi connectivity index (χ2v) is 7.14. The summed E-state index contributed by atoms with van der Waals surface area (Å²) in [5.74, 6) is 0. The molecule has 0 aromatic carbocycles. The Kier molecular flexibility index (Phi) is 3.67. The van der Waals surface area contributed by atoms with E-state index >= 15 is 0 Å². The van der Waals surface area contributed by atoms with E-state index in [1.807, 2.05) is 5.48 Å². The molecule has 0 aliphatic carbocycles. The first-order chi connectivity index (χ1) is 7.29. The SMILES string of the molecule is CC(C)(C)S(=O)(=O)c1ccc(CNO)nc1. The van der Waals surface area contributed by atoms with Crippen LogP contribution in [0.4, 0.5) is 0 Å². The van der Waals surface area contributed by atoms with Crippen molar-refractivity contribution in [2.24, 2.45) is 0 Å². The molecule has 0 aliphatic rings. The van der Waals surface area contributed by atoms with Gasteiger partial charge in [0, 0.05) is 6.20 Å². The lowest BCUT2D eigenvalue weighted by Gasteiger charge is -2.18. The summed E-state index contributed by atoms with van der Waals surface area (Å²) in [7, 11) is -3.35. The largest absolute Gasteiger partial charge is 0.316 e. The minimum atomic E-state index is -3.35. The van der Waals surface area contributed by atoms with E-state index in [1.165, 1.54) is 12.3 Å². The zero-order valence-electron chi connectivity index (χ0n) is 9.56. The van der Waals surface area contributed by atoms with Gasteiger partial charge in [0.25, 0.3) is 0 Å². The molecule has 6 heteroatoms. The maximum Gasteiger partial charge on any atom is 0.184 e. The molecule has 2 N–H and O–H groups in total. The predicted octanol–water partition coefficient (Wildman–Crippen LogP) is 1.13. The predicted molar refractivity (Wildman–Crippen MR) is 59.8 cm³/mol. The first kappa shape index (κ1) is 13.1. The van der Waals surface area contributed by atoms with Crippen LogP contribution in [0.3, 0.4) is 0 Å². The van der Waals surface area contributed by atoms with Gasteiger partial charge in [-0.2, -0.15) is 5.48 Å². The van der Waals surface area contributed by atoms with Gasteiger partial charge in [0.2, 0.25) is 0 Å². The van der Waals surface area contributed by atoms with E-state index < -0.39 is 14.6 Å². The number of hydrogen-bond donors (Lipinski definition) is 2. The van der Waals surface area contributed by atoms with Crippen LogP contribution in [-0.2, 0) is 16.4 Å². The average Bonchev–Trinajstić information content (AvgIpc) is 2.17. The van der Waals surface area contributed by atoms with E-state index in [1.54, 1.807) is 26.8 Å². The van der Waals surface area contributed by atoms with Crippen molar-refractivity contribution in [2.75, 3.05) is 0 Å². The third kappa shape index (κ3) is 2.58. The topological polar surface area (TPSA) is 79.3 Å². The second kappa shape index (κ2) is 4.48. The highest BCUT2D eigenvalue weighted by atomic mass is 32.2. The van der Waals surface area contributed by atoms with Crippen LogP contribution in [0.5, 0.6) is 0 Å². The number of pyridine rings is 1. The molecule has 0 saturated heterocycles. The summed E-state index contributed by atoms with van der Waals surface area (Å²) in [6, 6.07) is 3.07. The fourth-order valence-corrected chi connectivity index (χ4v) is 2.25.